The molecule has 0 bridgehead atoms. The molecule has 0 fully saturated rings. The molecule has 1 unspecified atom stereocenters. The molecule has 1 atom stereocenters. The first kappa shape index (κ1) is 14.2. The Morgan fingerprint density at radius 3 is 2.35 bits per heavy atom. The highest BCUT2D eigenvalue weighted by molar-refractivity contribution is 5.24. The molecule has 0 amide bonds. The number of hydrogen-bond donors (Lipinski definition) is 2. The first-order chi connectivity index (χ1) is 8.13. The zero-order chi connectivity index (χ0) is 12.7. The van der Waals surface area contributed by atoms with Crippen LogP contribution in [0.3, 0.4) is 0 Å². The van der Waals surface area contributed by atoms with Crippen molar-refractivity contribution in [1.29, 1.82) is 0 Å². The van der Waals surface area contributed by atoms with Crippen LogP contribution in [0.2, 0.25) is 0 Å². The smallest absolute Gasteiger partial charge is 0.0549 e. The lowest BCUT2D eigenvalue weighted by Gasteiger charge is -2.10. The van der Waals surface area contributed by atoms with Crippen LogP contribution in [0, 0.1) is 0 Å². The Hall–Kier alpha value is -0.860. The largest absolute Gasteiger partial charge is 0.393 e. The molecule has 2 heteroatoms. The molecule has 2 nitrogen and oxygen atoms in total. The van der Waals surface area contributed by atoms with Gasteiger partial charge in [0, 0.05) is 6.54 Å². The zero-order valence-electron chi connectivity index (χ0n) is 11.2. The third-order valence-electron chi connectivity index (χ3n) is 3.10. The quantitative estimate of drug-likeness (QED) is 0.712. The van der Waals surface area contributed by atoms with E-state index in [0.717, 1.165) is 25.9 Å². The van der Waals surface area contributed by atoms with Crippen LogP contribution in [-0.2, 0) is 6.54 Å². The van der Waals surface area contributed by atoms with Gasteiger partial charge in [-0.15, -0.1) is 0 Å². The standard InChI is InChI=1S/C15H25NO/c1-4-15(17)9-10-16-11-13-5-7-14(8-6-13)12(2)3/h5-8,12,15-17H,4,9-11H2,1-3H3. The van der Waals surface area contributed by atoms with Gasteiger partial charge in [0.15, 0.2) is 0 Å². The van der Waals surface area contributed by atoms with Crippen LogP contribution >= 0.6 is 0 Å². The van der Waals surface area contributed by atoms with Gasteiger partial charge in [0.05, 0.1) is 6.10 Å². The molecule has 0 aliphatic heterocycles. The molecular weight excluding hydrogens is 210 g/mol. The summed E-state index contributed by atoms with van der Waals surface area (Å²) in [5.74, 6) is 0.594. The van der Waals surface area contributed by atoms with Crippen molar-refractivity contribution in [1.82, 2.24) is 5.32 Å². The fourth-order valence-electron chi connectivity index (χ4n) is 1.73. The minimum Gasteiger partial charge on any atom is -0.393 e. The molecule has 0 saturated carbocycles. The van der Waals surface area contributed by atoms with Gasteiger partial charge in [-0.05, 0) is 36.4 Å². The van der Waals surface area contributed by atoms with E-state index >= 15 is 0 Å². The van der Waals surface area contributed by atoms with Crippen LogP contribution < -0.4 is 5.32 Å². The van der Waals surface area contributed by atoms with Gasteiger partial charge in [-0.1, -0.05) is 45.0 Å². The topological polar surface area (TPSA) is 32.3 Å². The summed E-state index contributed by atoms with van der Waals surface area (Å²) in [5.41, 5.74) is 2.69. The molecular formula is C15H25NO. The number of benzene rings is 1. The van der Waals surface area contributed by atoms with Crippen LogP contribution in [0.25, 0.3) is 0 Å². The van der Waals surface area contributed by atoms with E-state index in [0.29, 0.717) is 5.92 Å². The maximum absolute atomic E-state index is 9.41. The average molecular weight is 235 g/mol. The highest BCUT2D eigenvalue weighted by Crippen LogP contribution is 2.14. The van der Waals surface area contributed by atoms with E-state index in [1.165, 1.54) is 11.1 Å². The molecule has 0 aliphatic rings. The first-order valence-corrected chi connectivity index (χ1v) is 6.61. The number of rotatable bonds is 7. The van der Waals surface area contributed by atoms with Crippen molar-refractivity contribution in [3.8, 4) is 0 Å². The summed E-state index contributed by atoms with van der Waals surface area (Å²) in [6.07, 6.45) is 1.51. The molecule has 0 spiro atoms. The lowest BCUT2D eigenvalue weighted by Crippen LogP contribution is -2.19. The highest BCUT2D eigenvalue weighted by Gasteiger charge is 2.01. The van der Waals surface area contributed by atoms with Crippen molar-refractivity contribution in [2.45, 2.75) is 52.2 Å². The van der Waals surface area contributed by atoms with E-state index in [1.54, 1.807) is 0 Å². The number of hydrogen-bond acceptors (Lipinski definition) is 2. The Balaban J connectivity index is 2.28. The van der Waals surface area contributed by atoms with Crippen molar-refractivity contribution in [3.63, 3.8) is 0 Å². The van der Waals surface area contributed by atoms with E-state index in [2.05, 4.69) is 43.4 Å². The third kappa shape index (κ3) is 5.33. The second-order valence-corrected chi connectivity index (χ2v) is 4.92. The van der Waals surface area contributed by atoms with Gasteiger partial charge in [-0.3, -0.25) is 0 Å². The summed E-state index contributed by atoms with van der Waals surface area (Å²) >= 11 is 0. The van der Waals surface area contributed by atoms with Crippen LogP contribution in [-0.4, -0.2) is 17.8 Å². The molecule has 17 heavy (non-hydrogen) atoms. The number of aliphatic hydroxyl groups is 1. The van der Waals surface area contributed by atoms with Gasteiger partial charge in [0.2, 0.25) is 0 Å². The van der Waals surface area contributed by atoms with E-state index in [-0.39, 0.29) is 6.10 Å². The lowest BCUT2D eigenvalue weighted by molar-refractivity contribution is 0.159. The summed E-state index contributed by atoms with van der Waals surface area (Å²) in [6, 6.07) is 8.75. The van der Waals surface area contributed by atoms with Gasteiger partial charge in [-0.2, -0.15) is 0 Å². The van der Waals surface area contributed by atoms with Crippen molar-refractivity contribution in [2.75, 3.05) is 6.54 Å². The SMILES string of the molecule is CCC(O)CCNCc1ccc(C(C)C)cc1. The number of nitrogens with one attached hydrogen (secondary N) is 1. The Kier molecular flexibility index (Phi) is 6.23. The average Bonchev–Trinajstić information content (AvgIpc) is 2.34. The van der Waals surface area contributed by atoms with Crippen LogP contribution in [0.15, 0.2) is 24.3 Å². The minimum atomic E-state index is -0.161. The summed E-state index contributed by atoms with van der Waals surface area (Å²) < 4.78 is 0. The van der Waals surface area contributed by atoms with Gasteiger partial charge in [0.1, 0.15) is 0 Å². The van der Waals surface area contributed by atoms with Crippen molar-refractivity contribution >= 4 is 0 Å². The molecule has 96 valence electrons. The van der Waals surface area contributed by atoms with Crippen LogP contribution in [0.5, 0.6) is 0 Å². The fourth-order valence-corrected chi connectivity index (χ4v) is 1.73. The normalized spacial score (nSPS) is 13.0. The second-order valence-electron chi connectivity index (χ2n) is 4.92. The van der Waals surface area contributed by atoms with E-state index in [1.807, 2.05) is 6.92 Å². The summed E-state index contributed by atoms with van der Waals surface area (Å²) in [4.78, 5) is 0. The van der Waals surface area contributed by atoms with E-state index in [9.17, 15) is 5.11 Å². The summed E-state index contributed by atoms with van der Waals surface area (Å²) in [7, 11) is 0. The highest BCUT2D eigenvalue weighted by atomic mass is 16.3. The minimum absolute atomic E-state index is 0.161. The van der Waals surface area contributed by atoms with E-state index in [4.69, 9.17) is 0 Å². The molecule has 0 saturated heterocycles. The lowest BCUT2D eigenvalue weighted by atomic mass is 10.0. The predicted octanol–water partition coefficient (Wildman–Crippen LogP) is 3.06. The molecule has 1 rings (SSSR count). The molecule has 0 radical (unpaired) electrons. The Labute approximate surface area is 105 Å². The third-order valence-corrected chi connectivity index (χ3v) is 3.10. The monoisotopic (exact) mass is 235 g/mol. The fraction of sp³-hybridized carbons (Fsp3) is 0.600. The predicted molar refractivity (Wildman–Crippen MR) is 73.2 cm³/mol. The van der Waals surface area contributed by atoms with E-state index < -0.39 is 0 Å². The summed E-state index contributed by atoms with van der Waals surface area (Å²) in [5, 5.41) is 12.8. The Morgan fingerprint density at radius 2 is 1.82 bits per heavy atom. The van der Waals surface area contributed by atoms with Gasteiger partial charge in [0.25, 0.3) is 0 Å². The van der Waals surface area contributed by atoms with Crippen molar-refractivity contribution in [3.05, 3.63) is 35.4 Å². The molecule has 1 aromatic rings. The van der Waals surface area contributed by atoms with Crippen molar-refractivity contribution in [2.24, 2.45) is 0 Å². The molecule has 0 aliphatic carbocycles. The molecule has 2 N–H and O–H groups in total. The maximum atomic E-state index is 9.41. The van der Waals surface area contributed by atoms with Crippen LogP contribution in [0.1, 0.15) is 50.7 Å². The van der Waals surface area contributed by atoms with Gasteiger partial charge >= 0.3 is 0 Å². The zero-order valence-corrected chi connectivity index (χ0v) is 11.2. The maximum Gasteiger partial charge on any atom is 0.0549 e. The Morgan fingerprint density at radius 1 is 1.18 bits per heavy atom. The first-order valence-electron chi connectivity index (χ1n) is 6.61. The Bertz CT molecular complexity index is 305. The molecule has 0 aromatic heterocycles. The van der Waals surface area contributed by atoms with Crippen molar-refractivity contribution < 1.29 is 5.11 Å². The van der Waals surface area contributed by atoms with Gasteiger partial charge in [-0.25, -0.2) is 0 Å². The van der Waals surface area contributed by atoms with Crippen LogP contribution in [0.4, 0.5) is 0 Å². The molecule has 1 aromatic carbocycles. The number of aliphatic hydroxyl groups excluding tert-OH is 1. The summed E-state index contributed by atoms with van der Waals surface area (Å²) in [6.45, 7) is 8.18. The van der Waals surface area contributed by atoms with Gasteiger partial charge < -0.3 is 10.4 Å². The molecule has 0 heterocycles. The second kappa shape index (κ2) is 7.46.